The molecule has 71 heavy (non-hydrogen) atoms. The summed E-state index contributed by atoms with van der Waals surface area (Å²) in [5, 5.41) is 17.8. The molecule has 4 heterocycles. The van der Waals surface area contributed by atoms with Crippen LogP contribution >= 0.6 is 0 Å². The summed E-state index contributed by atoms with van der Waals surface area (Å²) in [6.45, 7) is 1.05. The molecule has 4 fully saturated rings. The van der Waals surface area contributed by atoms with Crippen molar-refractivity contribution in [1.29, 1.82) is 0 Å². The maximum atomic E-state index is 14.3. The van der Waals surface area contributed by atoms with Crippen LogP contribution in [0.2, 0.25) is 0 Å². The van der Waals surface area contributed by atoms with Gasteiger partial charge in [-0.3, -0.25) is 0 Å². The van der Waals surface area contributed by atoms with Gasteiger partial charge in [-0.05, 0) is 47.3 Å². The Hall–Kier alpha value is -6.49. The van der Waals surface area contributed by atoms with Gasteiger partial charge in [-0.1, -0.05) is 109 Å². The molecule has 0 saturated carbocycles. The van der Waals surface area contributed by atoms with Crippen molar-refractivity contribution in [2.24, 2.45) is 5.11 Å². The molecule has 0 radical (unpaired) electrons. The molecule has 2 N–H and O–H groups in total. The highest BCUT2D eigenvalue weighted by Gasteiger charge is 2.60. The molecule has 4 saturated heterocycles. The lowest BCUT2D eigenvalue weighted by Gasteiger charge is -2.49. The second-order valence-corrected chi connectivity index (χ2v) is 16.8. The van der Waals surface area contributed by atoms with E-state index in [0.717, 1.165) is 12.7 Å². The highest BCUT2D eigenvalue weighted by Crippen LogP contribution is 2.39. The fraction of sp³-hybridized carbons (Fsp3) is 0.440. The van der Waals surface area contributed by atoms with Crippen LogP contribution in [0, 0.1) is 0 Å². The minimum Gasteiger partial charge on any atom is -0.467 e. The van der Waals surface area contributed by atoms with Gasteiger partial charge < -0.3 is 67.3 Å². The van der Waals surface area contributed by atoms with Gasteiger partial charge in [0.1, 0.15) is 55.3 Å². The normalized spacial score (nSPS) is 31.2. The molecule has 6 unspecified atom stereocenters. The molecular weight excluding hydrogens is 929 g/mol. The lowest BCUT2D eigenvalue weighted by Crippen LogP contribution is -2.68. The zero-order valence-electron chi connectivity index (χ0n) is 38.9. The van der Waals surface area contributed by atoms with E-state index in [9.17, 15) is 29.8 Å². The number of carbonyl (C=O) groups excluding carboxylic acids is 4. The number of alkyl carbamates (subject to hydrolysis) is 1. The molecule has 1 amide bonds. The lowest BCUT2D eigenvalue weighted by molar-refractivity contribution is -0.364. The Morgan fingerprint density at radius 3 is 1.83 bits per heavy atom. The lowest BCUT2D eigenvalue weighted by atomic mass is 9.94. The monoisotopic (exact) mass is 982 g/mol. The number of nitrogens with one attached hydrogen (secondary N) is 1. The summed E-state index contributed by atoms with van der Waals surface area (Å²) in [7, 11) is 2.45. The molecule has 0 spiro atoms. The van der Waals surface area contributed by atoms with Crippen molar-refractivity contribution in [1.82, 2.24) is 5.32 Å². The molecule has 0 aromatic heterocycles. The minimum atomic E-state index is -1.82. The van der Waals surface area contributed by atoms with Crippen molar-refractivity contribution in [2.45, 2.75) is 119 Å². The summed E-state index contributed by atoms with van der Waals surface area (Å²) < 4.78 is 74.7. The van der Waals surface area contributed by atoms with Gasteiger partial charge in [0, 0.05) is 12.0 Å². The zero-order valence-corrected chi connectivity index (χ0v) is 38.9. The Labute approximate surface area is 408 Å². The maximum absolute atomic E-state index is 14.3. The number of hydrogen-bond acceptors (Lipinski definition) is 18. The number of amides is 1. The van der Waals surface area contributed by atoms with Gasteiger partial charge in [0.05, 0.1) is 37.6 Å². The summed E-state index contributed by atoms with van der Waals surface area (Å²) in [6.07, 6.45) is -18.9. The van der Waals surface area contributed by atoms with Crippen LogP contribution in [0.25, 0.3) is 10.4 Å². The summed E-state index contributed by atoms with van der Waals surface area (Å²) in [6, 6.07) is 31.9. The van der Waals surface area contributed by atoms with E-state index in [1.807, 2.05) is 36.4 Å². The largest absolute Gasteiger partial charge is 0.467 e. The molecular formula is C50H54N4O17. The van der Waals surface area contributed by atoms with E-state index in [-0.39, 0.29) is 30.8 Å². The van der Waals surface area contributed by atoms with Crippen molar-refractivity contribution in [3.8, 4) is 0 Å². The summed E-state index contributed by atoms with van der Waals surface area (Å²) >= 11 is 0. The smallest absolute Gasteiger partial charge is 0.408 e. The van der Waals surface area contributed by atoms with Crippen molar-refractivity contribution < 1.29 is 81.1 Å². The first-order valence-electron chi connectivity index (χ1n) is 23.0. The number of fused-ring (bicyclic) bond motifs is 1. The number of aliphatic hydroxyl groups is 1. The summed E-state index contributed by atoms with van der Waals surface area (Å²) in [5.41, 5.74) is 11.6. The summed E-state index contributed by atoms with van der Waals surface area (Å²) in [5.74, 6) is -2.57. The van der Waals surface area contributed by atoms with Crippen molar-refractivity contribution in [2.75, 3.05) is 20.8 Å². The van der Waals surface area contributed by atoms with Crippen LogP contribution in [0.5, 0.6) is 0 Å². The van der Waals surface area contributed by atoms with Gasteiger partial charge in [-0.25, -0.2) is 19.2 Å². The standard InChI is InChI=1S/C50H54N4O17/c1-4-32-36(55)38-34(52-50(59)71-38)48(65-32)69-41-40(63-26-29-19-11-6-12-20-29)43(67-45(57)31-23-15-8-16-24-31)49(70-42(41)46(58)60-2)68-37-33(27-64-44(56)30-21-13-7-14-22-30)66-47(61-3)35(53-54-51)39(37)62-25-28-17-9-5-10-18-28/h5-24,32-43,47-49,55H,4,25-27H2,1-3H3,(H,52,59)/t32?,33?,34-,35?,36+,37+,38?,39-,40-,41-,42?,43?,47-,48+,49-/m1/s1. The van der Waals surface area contributed by atoms with Crippen LogP contribution in [0.1, 0.15) is 45.2 Å². The zero-order chi connectivity index (χ0) is 49.9. The van der Waals surface area contributed by atoms with Gasteiger partial charge in [0.25, 0.3) is 0 Å². The first-order valence-corrected chi connectivity index (χ1v) is 23.0. The van der Waals surface area contributed by atoms with Gasteiger partial charge in [-0.2, -0.15) is 0 Å². The van der Waals surface area contributed by atoms with E-state index in [1.165, 1.54) is 19.2 Å². The fourth-order valence-electron chi connectivity index (χ4n) is 8.83. The van der Waals surface area contributed by atoms with Crippen LogP contribution in [0.3, 0.4) is 0 Å². The third kappa shape index (κ3) is 12.0. The van der Waals surface area contributed by atoms with E-state index in [0.29, 0.717) is 5.56 Å². The molecule has 4 aromatic rings. The minimum absolute atomic E-state index is 0.0610. The molecule has 8 rings (SSSR count). The number of nitrogens with zero attached hydrogens (tertiary/aromatic N) is 3. The Bertz CT molecular complexity index is 2440. The van der Waals surface area contributed by atoms with E-state index < -0.39 is 123 Å². The number of ether oxygens (including phenoxy) is 12. The number of benzene rings is 4. The summed E-state index contributed by atoms with van der Waals surface area (Å²) in [4.78, 5) is 57.8. The third-order valence-electron chi connectivity index (χ3n) is 12.4. The number of hydrogen-bond donors (Lipinski definition) is 2. The number of rotatable bonds is 19. The van der Waals surface area contributed by atoms with Crippen LogP contribution < -0.4 is 5.32 Å². The molecule has 0 aliphatic carbocycles. The van der Waals surface area contributed by atoms with Gasteiger partial charge >= 0.3 is 24.0 Å². The first-order chi connectivity index (χ1) is 34.6. The molecule has 15 atom stereocenters. The van der Waals surface area contributed by atoms with E-state index in [4.69, 9.17) is 56.8 Å². The number of aliphatic hydroxyl groups excluding tert-OH is 1. The fourth-order valence-corrected chi connectivity index (χ4v) is 8.83. The predicted molar refractivity (Wildman–Crippen MR) is 244 cm³/mol. The molecule has 4 aromatic carbocycles. The Balaban J connectivity index is 1.23. The Kier molecular flexibility index (Phi) is 17.3. The quantitative estimate of drug-likeness (QED) is 0.0415. The van der Waals surface area contributed by atoms with Crippen LogP contribution in [-0.4, -0.2) is 142 Å². The average Bonchev–Trinajstić information content (AvgIpc) is 3.82. The molecule has 0 bridgehead atoms. The van der Waals surface area contributed by atoms with E-state index in [1.54, 1.807) is 79.7 Å². The van der Waals surface area contributed by atoms with Crippen LogP contribution in [0.15, 0.2) is 126 Å². The number of methoxy groups -OCH3 is 2. The SMILES string of the molecule is CCC1O[C@@H](O[C@H]2C(C(=O)OC)O[C@@H](O[C@H]3C(COC(=O)c4ccccc4)O[C@@H](OC)C(N=[N+]=[N-])[C@H]3OCc3ccccc3)C(OC(=O)c3ccccc3)[C@@H]2OCc2ccccc2)[C@@H]2NC(=O)OC2[C@H]1O. The van der Waals surface area contributed by atoms with Gasteiger partial charge in [0.15, 0.2) is 37.2 Å². The average molecular weight is 983 g/mol. The molecule has 4 aliphatic heterocycles. The van der Waals surface area contributed by atoms with Crippen molar-refractivity contribution in [3.05, 3.63) is 154 Å². The van der Waals surface area contributed by atoms with Gasteiger partial charge in [-0.15, -0.1) is 0 Å². The molecule has 21 nitrogen and oxygen atoms in total. The van der Waals surface area contributed by atoms with Crippen molar-refractivity contribution >= 4 is 24.0 Å². The third-order valence-corrected chi connectivity index (χ3v) is 12.4. The van der Waals surface area contributed by atoms with E-state index >= 15 is 0 Å². The second-order valence-electron chi connectivity index (χ2n) is 16.8. The Morgan fingerprint density at radius 2 is 1.25 bits per heavy atom. The topological polar surface area (TPSA) is 260 Å². The van der Waals surface area contributed by atoms with Crippen molar-refractivity contribution in [3.63, 3.8) is 0 Å². The molecule has 21 heteroatoms. The highest BCUT2D eigenvalue weighted by atomic mass is 16.8. The number of carbonyl (C=O) groups is 4. The Morgan fingerprint density at radius 1 is 0.690 bits per heavy atom. The van der Waals surface area contributed by atoms with E-state index in [2.05, 4.69) is 15.3 Å². The highest BCUT2D eigenvalue weighted by molar-refractivity contribution is 5.90. The van der Waals surface area contributed by atoms with Gasteiger partial charge in [0.2, 0.25) is 0 Å². The maximum Gasteiger partial charge on any atom is 0.408 e. The van der Waals surface area contributed by atoms with Crippen LogP contribution in [0.4, 0.5) is 4.79 Å². The molecule has 376 valence electrons. The first kappa shape index (κ1) is 50.9. The molecule has 4 aliphatic rings. The number of azide groups is 1. The number of esters is 3. The second kappa shape index (κ2) is 24.1. The van der Waals surface area contributed by atoms with Crippen LogP contribution in [-0.2, 0) is 74.9 Å². The predicted octanol–water partition coefficient (Wildman–Crippen LogP) is 4.93.